The second-order valence-electron chi connectivity index (χ2n) is 6.19. The minimum Gasteiger partial charge on any atom is -0.368 e. The number of nitrogens with one attached hydrogen (secondary N) is 1. The van der Waals surface area contributed by atoms with E-state index in [1.165, 1.54) is 12.8 Å². The number of carbonyl (C=O) groups excluding carboxylic acids is 1. The number of benzene rings is 1. The summed E-state index contributed by atoms with van der Waals surface area (Å²) in [5.41, 5.74) is 7.35. The fraction of sp³-hybridized carbons (Fsp3) is 0.389. The Morgan fingerprint density at radius 2 is 1.80 bits per heavy atom. The molecule has 25 heavy (non-hydrogen) atoms. The van der Waals surface area contributed by atoms with E-state index in [4.69, 9.17) is 17.3 Å². The third-order valence-corrected chi connectivity index (χ3v) is 4.47. The molecule has 1 fully saturated rings. The summed E-state index contributed by atoms with van der Waals surface area (Å²) >= 11 is 5.86. The van der Waals surface area contributed by atoms with Gasteiger partial charge in [-0.1, -0.05) is 36.6 Å². The van der Waals surface area contributed by atoms with Gasteiger partial charge in [0.25, 0.3) is 5.91 Å². The third-order valence-electron chi connectivity index (χ3n) is 4.28. The van der Waals surface area contributed by atoms with Crippen molar-refractivity contribution in [3.8, 4) is 0 Å². The second-order valence-corrected chi connectivity index (χ2v) is 6.58. The molecule has 1 aliphatic rings. The van der Waals surface area contributed by atoms with Crippen LogP contribution < -0.4 is 11.1 Å². The average molecular weight is 360 g/mol. The topological polar surface area (TPSA) is 84.1 Å². The maximum absolute atomic E-state index is 12.6. The van der Waals surface area contributed by atoms with Gasteiger partial charge < -0.3 is 16.0 Å². The number of halogens is 1. The van der Waals surface area contributed by atoms with Crippen molar-refractivity contribution >= 4 is 29.3 Å². The van der Waals surface area contributed by atoms with Gasteiger partial charge in [-0.3, -0.25) is 4.79 Å². The smallest absolute Gasteiger partial charge is 0.253 e. The Morgan fingerprint density at radius 3 is 2.44 bits per heavy atom. The molecule has 1 aromatic carbocycles. The monoisotopic (exact) mass is 359 g/mol. The van der Waals surface area contributed by atoms with Gasteiger partial charge in [0.1, 0.15) is 11.0 Å². The zero-order valence-corrected chi connectivity index (χ0v) is 14.8. The number of carbonyl (C=O) groups is 1. The summed E-state index contributed by atoms with van der Waals surface area (Å²) in [5, 5.41) is 3.45. The molecule has 3 rings (SSSR count). The number of hydrogen-bond acceptors (Lipinski definition) is 5. The first-order chi connectivity index (χ1) is 12.1. The summed E-state index contributed by atoms with van der Waals surface area (Å²) in [6.45, 7) is 2.28. The summed E-state index contributed by atoms with van der Waals surface area (Å²) in [6, 6.07) is 9.28. The summed E-state index contributed by atoms with van der Waals surface area (Å²) in [5.74, 6) is 0.826. The van der Waals surface area contributed by atoms with Gasteiger partial charge in [-0.2, -0.15) is 4.98 Å². The molecule has 7 heteroatoms. The number of aromatic nitrogens is 2. The van der Waals surface area contributed by atoms with Crippen LogP contribution in [0.15, 0.2) is 30.3 Å². The van der Waals surface area contributed by atoms with E-state index in [9.17, 15) is 4.79 Å². The van der Waals surface area contributed by atoms with Gasteiger partial charge in [0.05, 0.1) is 0 Å². The first kappa shape index (κ1) is 17.5. The van der Waals surface area contributed by atoms with Crippen LogP contribution in [0.2, 0.25) is 5.15 Å². The van der Waals surface area contributed by atoms with Crippen LogP contribution in [0, 0.1) is 0 Å². The number of nitrogens with zero attached hydrogens (tertiary/aromatic N) is 3. The van der Waals surface area contributed by atoms with Crippen molar-refractivity contribution in [3.63, 3.8) is 0 Å². The van der Waals surface area contributed by atoms with Crippen molar-refractivity contribution in [1.82, 2.24) is 14.9 Å². The molecule has 1 amide bonds. The highest BCUT2D eigenvalue weighted by atomic mass is 35.5. The van der Waals surface area contributed by atoms with E-state index in [-0.39, 0.29) is 11.9 Å². The SMILES string of the molecule is Nc1nc(Cl)cc(NCc2ccc(C(=O)N3CCCCCC3)cc2)n1. The van der Waals surface area contributed by atoms with E-state index in [0.29, 0.717) is 17.5 Å². The third kappa shape index (κ3) is 4.82. The molecule has 0 aliphatic carbocycles. The number of anilines is 2. The molecule has 2 aromatic rings. The van der Waals surface area contributed by atoms with Gasteiger partial charge in [-0.25, -0.2) is 4.98 Å². The van der Waals surface area contributed by atoms with Crippen molar-refractivity contribution < 1.29 is 4.79 Å². The molecule has 0 saturated carbocycles. The van der Waals surface area contributed by atoms with Crippen molar-refractivity contribution in [3.05, 3.63) is 46.6 Å². The van der Waals surface area contributed by atoms with E-state index in [0.717, 1.165) is 37.1 Å². The summed E-state index contributed by atoms with van der Waals surface area (Å²) < 4.78 is 0. The molecule has 0 radical (unpaired) electrons. The molecular weight excluding hydrogens is 338 g/mol. The zero-order valence-electron chi connectivity index (χ0n) is 14.0. The second kappa shape index (κ2) is 8.16. The first-order valence-electron chi connectivity index (χ1n) is 8.54. The number of amides is 1. The molecule has 1 aliphatic heterocycles. The van der Waals surface area contributed by atoms with Gasteiger partial charge >= 0.3 is 0 Å². The fourth-order valence-electron chi connectivity index (χ4n) is 2.94. The van der Waals surface area contributed by atoms with Gasteiger partial charge in [-0.15, -0.1) is 0 Å². The van der Waals surface area contributed by atoms with E-state index >= 15 is 0 Å². The lowest BCUT2D eigenvalue weighted by molar-refractivity contribution is 0.0761. The van der Waals surface area contributed by atoms with Crippen LogP contribution in [0.3, 0.4) is 0 Å². The minimum absolute atomic E-state index is 0.122. The van der Waals surface area contributed by atoms with Crippen LogP contribution in [0.5, 0.6) is 0 Å². The number of rotatable bonds is 4. The molecule has 132 valence electrons. The summed E-state index contributed by atoms with van der Waals surface area (Å²) in [4.78, 5) is 22.4. The van der Waals surface area contributed by atoms with Crippen molar-refractivity contribution in [2.75, 3.05) is 24.1 Å². The highest BCUT2D eigenvalue weighted by Crippen LogP contribution is 2.16. The van der Waals surface area contributed by atoms with E-state index in [2.05, 4.69) is 15.3 Å². The molecule has 2 heterocycles. The van der Waals surface area contributed by atoms with Gasteiger partial charge in [0.15, 0.2) is 0 Å². The number of likely N-dealkylation sites (tertiary alicyclic amines) is 1. The predicted molar refractivity (Wildman–Crippen MR) is 99.6 cm³/mol. The van der Waals surface area contributed by atoms with Crippen LogP contribution >= 0.6 is 11.6 Å². The Bertz CT molecular complexity index is 706. The summed E-state index contributed by atoms with van der Waals surface area (Å²) in [6.07, 6.45) is 4.62. The normalized spacial score (nSPS) is 14.8. The molecular formula is C18H22ClN5O. The number of nitrogen functional groups attached to an aromatic ring is 1. The number of hydrogen-bond donors (Lipinski definition) is 2. The van der Waals surface area contributed by atoms with Crippen LogP contribution in [0.1, 0.15) is 41.6 Å². The van der Waals surface area contributed by atoms with Crippen LogP contribution in [-0.2, 0) is 6.54 Å². The van der Waals surface area contributed by atoms with Gasteiger partial charge in [-0.05, 0) is 30.5 Å². The van der Waals surface area contributed by atoms with Gasteiger partial charge in [0.2, 0.25) is 5.95 Å². The molecule has 0 unspecified atom stereocenters. The Balaban J connectivity index is 1.60. The van der Waals surface area contributed by atoms with E-state index in [1.54, 1.807) is 6.07 Å². The standard InChI is InChI=1S/C18H22ClN5O/c19-15-11-16(23-18(20)22-15)21-12-13-5-7-14(8-6-13)17(25)24-9-3-1-2-4-10-24/h5-8,11H,1-4,9-10,12H2,(H3,20,21,22,23). The Kier molecular flexibility index (Phi) is 5.71. The van der Waals surface area contributed by atoms with Crippen LogP contribution in [0.25, 0.3) is 0 Å². The molecule has 0 atom stereocenters. The largest absolute Gasteiger partial charge is 0.368 e. The Hall–Kier alpha value is -2.34. The first-order valence-corrected chi connectivity index (χ1v) is 8.92. The van der Waals surface area contributed by atoms with E-state index < -0.39 is 0 Å². The molecule has 1 aromatic heterocycles. The zero-order chi connectivity index (χ0) is 17.6. The minimum atomic E-state index is 0.122. The highest BCUT2D eigenvalue weighted by Gasteiger charge is 2.16. The molecule has 0 bridgehead atoms. The van der Waals surface area contributed by atoms with Crippen molar-refractivity contribution in [2.24, 2.45) is 0 Å². The van der Waals surface area contributed by atoms with Crippen LogP contribution in [-0.4, -0.2) is 33.9 Å². The Morgan fingerprint density at radius 1 is 1.12 bits per heavy atom. The maximum Gasteiger partial charge on any atom is 0.253 e. The highest BCUT2D eigenvalue weighted by molar-refractivity contribution is 6.29. The maximum atomic E-state index is 12.6. The lowest BCUT2D eigenvalue weighted by atomic mass is 10.1. The van der Waals surface area contributed by atoms with Crippen LogP contribution in [0.4, 0.5) is 11.8 Å². The lowest BCUT2D eigenvalue weighted by Crippen LogP contribution is -2.31. The van der Waals surface area contributed by atoms with Crippen molar-refractivity contribution in [2.45, 2.75) is 32.2 Å². The molecule has 1 saturated heterocycles. The fourth-order valence-corrected chi connectivity index (χ4v) is 3.13. The van der Waals surface area contributed by atoms with Crippen molar-refractivity contribution in [1.29, 1.82) is 0 Å². The van der Waals surface area contributed by atoms with E-state index in [1.807, 2.05) is 29.2 Å². The molecule has 0 spiro atoms. The van der Waals surface area contributed by atoms with Gasteiger partial charge in [0, 0.05) is 31.3 Å². The average Bonchev–Trinajstić information content (AvgIpc) is 2.88. The number of nitrogens with two attached hydrogens (primary N) is 1. The lowest BCUT2D eigenvalue weighted by Gasteiger charge is -2.20. The summed E-state index contributed by atoms with van der Waals surface area (Å²) in [7, 11) is 0. The molecule has 3 N–H and O–H groups in total. The molecule has 6 nitrogen and oxygen atoms in total. The Labute approximate surface area is 152 Å². The predicted octanol–water partition coefficient (Wildman–Crippen LogP) is 3.34. The quantitative estimate of drug-likeness (QED) is 0.818.